The Labute approximate surface area is 132 Å². The fourth-order valence-electron chi connectivity index (χ4n) is 2.97. The van der Waals surface area contributed by atoms with Crippen LogP contribution in [0.4, 0.5) is 5.69 Å². The van der Waals surface area contributed by atoms with E-state index in [4.69, 9.17) is 0 Å². The number of aryl methyl sites for hydroxylation is 1. The highest BCUT2D eigenvalue weighted by Crippen LogP contribution is 2.27. The first-order chi connectivity index (χ1) is 10.5. The monoisotopic (exact) mass is 306 g/mol. The van der Waals surface area contributed by atoms with Crippen LogP contribution in [-0.2, 0) is 11.2 Å². The second-order valence-electron chi connectivity index (χ2n) is 6.58. The molecule has 0 spiro atoms. The van der Waals surface area contributed by atoms with E-state index < -0.39 is 5.41 Å². The van der Waals surface area contributed by atoms with Crippen molar-refractivity contribution >= 4 is 11.6 Å². The van der Waals surface area contributed by atoms with Crippen LogP contribution in [0.3, 0.4) is 0 Å². The van der Waals surface area contributed by atoms with Gasteiger partial charge in [-0.3, -0.25) is 9.69 Å². The van der Waals surface area contributed by atoms with Gasteiger partial charge in [0.05, 0.1) is 19.8 Å². The molecule has 2 N–H and O–H groups in total. The van der Waals surface area contributed by atoms with E-state index in [2.05, 4.69) is 6.07 Å². The predicted octanol–water partition coefficient (Wildman–Crippen LogP) is 0.888. The highest BCUT2D eigenvalue weighted by molar-refractivity contribution is 5.95. The minimum atomic E-state index is -0.588. The molecule has 0 radical (unpaired) electrons. The van der Waals surface area contributed by atoms with Gasteiger partial charge in [-0.15, -0.1) is 0 Å². The van der Waals surface area contributed by atoms with Gasteiger partial charge in [-0.1, -0.05) is 25.1 Å². The number of hydrogen-bond donors (Lipinski definition) is 2. The number of aliphatic hydroxyl groups is 2. The molecule has 0 fully saturated rings. The molecule has 0 aliphatic carbocycles. The van der Waals surface area contributed by atoms with E-state index >= 15 is 0 Å². The summed E-state index contributed by atoms with van der Waals surface area (Å²) in [5, 5.41) is 18.7. The summed E-state index contributed by atoms with van der Waals surface area (Å²) in [6.07, 6.45) is 2.00. The van der Waals surface area contributed by atoms with Crippen molar-refractivity contribution in [2.24, 2.45) is 5.41 Å². The molecular formula is C17H26N2O3. The molecule has 2 rings (SSSR count). The number of rotatable bonds is 6. The maximum Gasteiger partial charge on any atom is 0.241 e. The van der Waals surface area contributed by atoms with Crippen molar-refractivity contribution in [2.45, 2.75) is 19.8 Å². The molecule has 5 nitrogen and oxygen atoms in total. The molecule has 5 heteroatoms. The van der Waals surface area contributed by atoms with Crippen LogP contribution in [-0.4, -0.2) is 60.9 Å². The number of amides is 1. The van der Waals surface area contributed by atoms with Crippen molar-refractivity contribution in [1.29, 1.82) is 0 Å². The second-order valence-corrected chi connectivity index (χ2v) is 6.58. The second kappa shape index (κ2) is 7.22. The Morgan fingerprint density at radius 1 is 1.32 bits per heavy atom. The van der Waals surface area contributed by atoms with Crippen LogP contribution in [0.25, 0.3) is 0 Å². The van der Waals surface area contributed by atoms with Crippen LogP contribution in [0.1, 0.15) is 18.9 Å². The maximum atomic E-state index is 12.6. The molecule has 1 aromatic rings. The number of hydrogen-bond acceptors (Lipinski definition) is 4. The zero-order valence-corrected chi connectivity index (χ0v) is 13.5. The van der Waals surface area contributed by atoms with Gasteiger partial charge in [0.1, 0.15) is 0 Å². The molecule has 122 valence electrons. The van der Waals surface area contributed by atoms with Crippen molar-refractivity contribution in [2.75, 3.05) is 44.8 Å². The fourth-order valence-corrected chi connectivity index (χ4v) is 2.97. The van der Waals surface area contributed by atoms with E-state index in [1.54, 1.807) is 0 Å². The van der Waals surface area contributed by atoms with Crippen LogP contribution in [0, 0.1) is 5.41 Å². The van der Waals surface area contributed by atoms with Crippen molar-refractivity contribution in [3.05, 3.63) is 29.8 Å². The van der Waals surface area contributed by atoms with Gasteiger partial charge in [-0.2, -0.15) is 0 Å². The lowest BCUT2D eigenvalue weighted by Crippen LogP contribution is -2.45. The lowest BCUT2D eigenvalue weighted by Gasteiger charge is -2.33. The van der Waals surface area contributed by atoms with Crippen molar-refractivity contribution in [3.8, 4) is 0 Å². The van der Waals surface area contributed by atoms with Crippen LogP contribution in [0.15, 0.2) is 24.3 Å². The van der Waals surface area contributed by atoms with Crippen LogP contribution < -0.4 is 4.90 Å². The van der Waals surface area contributed by atoms with Crippen molar-refractivity contribution < 1.29 is 15.0 Å². The van der Waals surface area contributed by atoms with Crippen LogP contribution >= 0.6 is 0 Å². The number of aliphatic hydroxyl groups excluding tert-OH is 2. The quantitative estimate of drug-likeness (QED) is 0.819. The average molecular weight is 306 g/mol. The highest BCUT2D eigenvalue weighted by Gasteiger charge is 2.27. The first kappa shape index (κ1) is 16.9. The summed E-state index contributed by atoms with van der Waals surface area (Å²) in [6.45, 7) is 3.11. The average Bonchev–Trinajstić information content (AvgIpc) is 2.53. The number of anilines is 1. The minimum absolute atomic E-state index is 0.0629. The third kappa shape index (κ3) is 3.85. The van der Waals surface area contributed by atoms with Gasteiger partial charge in [0.2, 0.25) is 5.91 Å². The van der Waals surface area contributed by atoms with E-state index in [1.807, 2.05) is 42.0 Å². The lowest BCUT2D eigenvalue weighted by atomic mass is 9.92. The topological polar surface area (TPSA) is 64.0 Å². The van der Waals surface area contributed by atoms with E-state index in [0.29, 0.717) is 6.54 Å². The SMILES string of the molecule is CN(CC(=O)N1CCCc2ccccc21)CC(C)(CO)CO. The fraction of sp³-hybridized carbons (Fsp3) is 0.588. The van der Waals surface area contributed by atoms with Gasteiger partial charge in [-0.05, 0) is 31.5 Å². The van der Waals surface area contributed by atoms with Gasteiger partial charge in [-0.25, -0.2) is 0 Å². The summed E-state index contributed by atoms with van der Waals surface area (Å²) >= 11 is 0. The molecular weight excluding hydrogens is 280 g/mol. The lowest BCUT2D eigenvalue weighted by molar-refractivity contribution is -0.120. The molecule has 0 aromatic heterocycles. The molecule has 1 aliphatic heterocycles. The molecule has 1 aliphatic rings. The Balaban J connectivity index is 2.01. The standard InChI is InChI=1S/C17H26N2O3/c1-17(12-20,13-21)11-18(2)10-16(22)19-9-5-7-14-6-3-4-8-15(14)19/h3-4,6,8,20-21H,5,7,9-13H2,1-2H3. The summed E-state index contributed by atoms with van der Waals surface area (Å²) in [6, 6.07) is 8.04. The molecule has 1 aromatic carbocycles. The third-order valence-corrected chi connectivity index (χ3v) is 4.23. The summed E-state index contributed by atoms with van der Waals surface area (Å²) in [4.78, 5) is 16.3. The number of nitrogens with zero attached hydrogens (tertiary/aromatic N) is 2. The Hall–Kier alpha value is -1.43. The first-order valence-electron chi connectivity index (χ1n) is 7.77. The Kier molecular flexibility index (Phi) is 5.56. The first-order valence-corrected chi connectivity index (χ1v) is 7.77. The largest absolute Gasteiger partial charge is 0.396 e. The normalized spacial score (nSPS) is 15.0. The number of fused-ring (bicyclic) bond motifs is 1. The number of carbonyl (C=O) groups excluding carboxylic acids is 1. The maximum absolute atomic E-state index is 12.6. The predicted molar refractivity (Wildman–Crippen MR) is 86.9 cm³/mol. The summed E-state index contributed by atoms with van der Waals surface area (Å²) < 4.78 is 0. The zero-order chi connectivity index (χ0) is 16.2. The van der Waals surface area contributed by atoms with Gasteiger partial charge in [0.15, 0.2) is 0 Å². The van der Waals surface area contributed by atoms with Gasteiger partial charge >= 0.3 is 0 Å². The minimum Gasteiger partial charge on any atom is -0.396 e. The van der Waals surface area contributed by atoms with Crippen LogP contribution in [0.2, 0.25) is 0 Å². The van der Waals surface area contributed by atoms with Gasteiger partial charge in [0, 0.05) is 24.2 Å². The van der Waals surface area contributed by atoms with Gasteiger partial charge in [0.25, 0.3) is 0 Å². The molecule has 0 atom stereocenters. The van der Waals surface area contributed by atoms with Gasteiger partial charge < -0.3 is 15.1 Å². The highest BCUT2D eigenvalue weighted by atomic mass is 16.3. The number of benzene rings is 1. The molecule has 22 heavy (non-hydrogen) atoms. The molecule has 0 saturated carbocycles. The molecule has 1 amide bonds. The Morgan fingerprint density at radius 3 is 2.68 bits per heavy atom. The smallest absolute Gasteiger partial charge is 0.241 e. The van der Waals surface area contributed by atoms with E-state index in [9.17, 15) is 15.0 Å². The number of likely N-dealkylation sites (N-methyl/N-ethyl adjacent to an activating group) is 1. The van der Waals surface area contributed by atoms with Crippen LogP contribution in [0.5, 0.6) is 0 Å². The number of para-hydroxylation sites is 1. The summed E-state index contributed by atoms with van der Waals surface area (Å²) in [5.74, 6) is 0.0629. The van der Waals surface area contributed by atoms with E-state index in [-0.39, 0.29) is 25.7 Å². The Bertz CT molecular complexity index is 514. The Morgan fingerprint density at radius 2 is 2.00 bits per heavy atom. The van der Waals surface area contributed by atoms with E-state index in [1.165, 1.54) is 5.56 Å². The zero-order valence-electron chi connectivity index (χ0n) is 13.5. The van der Waals surface area contributed by atoms with E-state index in [0.717, 1.165) is 25.1 Å². The third-order valence-electron chi connectivity index (χ3n) is 4.23. The summed E-state index contributed by atoms with van der Waals surface area (Å²) in [5.41, 5.74) is 1.65. The molecule has 0 saturated heterocycles. The summed E-state index contributed by atoms with van der Waals surface area (Å²) in [7, 11) is 1.84. The number of carbonyl (C=O) groups is 1. The molecule has 1 heterocycles. The van der Waals surface area contributed by atoms with Crippen molar-refractivity contribution in [1.82, 2.24) is 4.90 Å². The molecule has 0 bridgehead atoms. The van der Waals surface area contributed by atoms with Crippen molar-refractivity contribution in [3.63, 3.8) is 0 Å². The molecule has 0 unspecified atom stereocenters.